The van der Waals surface area contributed by atoms with Gasteiger partial charge < -0.3 is 15.2 Å². The molecule has 4 fully saturated rings. The molecule has 7 unspecified atom stereocenters. The summed E-state index contributed by atoms with van der Waals surface area (Å²) >= 11 is 0. The minimum Gasteiger partial charge on any atom is -0.478 e. The van der Waals surface area contributed by atoms with Crippen LogP contribution in [-0.2, 0) is 9.59 Å². The molecule has 5 heteroatoms. The zero-order chi connectivity index (χ0) is 30.8. The predicted octanol–water partition coefficient (Wildman–Crippen LogP) is 8.33. The average Bonchev–Trinajstić information content (AvgIpc) is 3.39. The fraction of sp³-hybridized carbons (Fsp3) is 0.711. The molecule has 0 bridgehead atoms. The Labute approximate surface area is 258 Å². The van der Waals surface area contributed by atoms with E-state index in [9.17, 15) is 19.5 Å². The number of hydrogen-bond donors (Lipinski definition) is 2. The third kappa shape index (κ3) is 4.49. The first kappa shape index (κ1) is 30.6. The first-order chi connectivity index (χ1) is 20.3. The number of carbonyl (C=O) groups is 3. The van der Waals surface area contributed by atoms with Crippen molar-refractivity contribution in [3.05, 3.63) is 41.5 Å². The van der Waals surface area contributed by atoms with Gasteiger partial charge in [0.25, 0.3) is 0 Å². The standard InChI is InChI=1S/C38H53NO4/c1-34(2)27(25-10-12-26(13-11-25)33(42)43)16-19-35(3)30(34)17-20-37(5)31(35)15-14-28-29-8-6-18-38(29,22-21-36(28,37)4)24-39-32(41)9-7-23-40/h10-13,16,23,28-31H,6-9,14-15,17-22,24H2,1-5H3,(H,39,41)(H,42,43)/t28?,29?,30?,31?,35?,36-,37?,38?/m1/s1. The Morgan fingerprint density at radius 2 is 1.63 bits per heavy atom. The van der Waals surface area contributed by atoms with Crippen LogP contribution in [0.5, 0.6) is 0 Å². The number of aldehydes is 1. The molecular weight excluding hydrogens is 534 g/mol. The number of fused-ring (bicyclic) bond motifs is 7. The minimum absolute atomic E-state index is 0.0199. The average molecular weight is 588 g/mol. The van der Waals surface area contributed by atoms with Gasteiger partial charge in [0.05, 0.1) is 5.56 Å². The number of carboxylic acids is 1. The Bertz CT molecular complexity index is 1310. The Hall–Kier alpha value is -2.43. The van der Waals surface area contributed by atoms with Crippen LogP contribution in [0.15, 0.2) is 30.3 Å². The first-order valence-corrected chi connectivity index (χ1v) is 17.1. The van der Waals surface area contributed by atoms with E-state index < -0.39 is 5.97 Å². The summed E-state index contributed by atoms with van der Waals surface area (Å²) in [7, 11) is 0. The van der Waals surface area contributed by atoms with Crippen molar-refractivity contribution in [3.63, 3.8) is 0 Å². The molecule has 4 saturated carbocycles. The lowest BCUT2D eigenvalue weighted by molar-refractivity contribution is -0.222. The molecule has 5 nitrogen and oxygen atoms in total. The third-order valence-electron chi connectivity index (χ3n) is 14.7. The summed E-state index contributed by atoms with van der Waals surface area (Å²) in [5.41, 5.74) is 4.01. The maximum Gasteiger partial charge on any atom is 0.335 e. The van der Waals surface area contributed by atoms with Gasteiger partial charge in [-0.1, -0.05) is 59.2 Å². The lowest BCUT2D eigenvalue weighted by Crippen LogP contribution is -2.65. The molecule has 6 rings (SSSR count). The molecule has 5 aliphatic carbocycles. The Balaban J connectivity index is 1.27. The highest BCUT2D eigenvalue weighted by Gasteiger charge is 2.69. The van der Waals surface area contributed by atoms with Crippen molar-refractivity contribution in [2.75, 3.05) is 6.54 Å². The molecule has 0 aliphatic heterocycles. The number of amides is 1. The fourth-order valence-electron chi connectivity index (χ4n) is 12.5. The van der Waals surface area contributed by atoms with Crippen LogP contribution < -0.4 is 5.32 Å². The number of carboxylic acid groups (broad SMARTS) is 1. The molecule has 0 aromatic heterocycles. The molecular formula is C38H53NO4. The summed E-state index contributed by atoms with van der Waals surface area (Å²) in [5, 5.41) is 12.7. The monoisotopic (exact) mass is 587 g/mol. The Kier molecular flexibility index (Phi) is 7.53. The number of nitrogens with one attached hydrogen (secondary N) is 1. The molecule has 0 heterocycles. The quantitative estimate of drug-likeness (QED) is 0.314. The number of hydrogen-bond acceptors (Lipinski definition) is 3. The highest BCUT2D eigenvalue weighted by molar-refractivity contribution is 5.88. The van der Waals surface area contributed by atoms with Gasteiger partial charge in [-0.3, -0.25) is 4.79 Å². The zero-order valence-corrected chi connectivity index (χ0v) is 27.1. The molecule has 8 atom stereocenters. The van der Waals surface area contributed by atoms with E-state index in [0.717, 1.165) is 19.3 Å². The van der Waals surface area contributed by atoms with Crippen molar-refractivity contribution in [2.24, 2.45) is 50.7 Å². The maximum absolute atomic E-state index is 12.5. The highest BCUT2D eigenvalue weighted by Crippen LogP contribution is 2.77. The molecule has 234 valence electrons. The van der Waals surface area contributed by atoms with Gasteiger partial charge in [-0.05, 0) is 132 Å². The second kappa shape index (κ2) is 10.6. The second-order valence-corrected chi connectivity index (χ2v) is 16.4. The highest BCUT2D eigenvalue weighted by atomic mass is 16.4. The molecule has 1 amide bonds. The van der Waals surface area contributed by atoms with Crippen molar-refractivity contribution in [1.82, 2.24) is 5.32 Å². The van der Waals surface area contributed by atoms with Gasteiger partial charge in [-0.2, -0.15) is 0 Å². The van der Waals surface area contributed by atoms with Gasteiger partial charge in [0, 0.05) is 19.4 Å². The van der Waals surface area contributed by atoms with Crippen LogP contribution in [-0.4, -0.2) is 29.8 Å². The Morgan fingerprint density at radius 1 is 0.884 bits per heavy atom. The molecule has 5 aliphatic rings. The van der Waals surface area contributed by atoms with Crippen LogP contribution in [0.2, 0.25) is 0 Å². The summed E-state index contributed by atoms with van der Waals surface area (Å²) in [4.78, 5) is 34.8. The topological polar surface area (TPSA) is 83.5 Å². The van der Waals surface area contributed by atoms with Gasteiger partial charge in [0.1, 0.15) is 6.29 Å². The van der Waals surface area contributed by atoms with Crippen molar-refractivity contribution in [1.29, 1.82) is 0 Å². The third-order valence-corrected chi connectivity index (χ3v) is 14.7. The summed E-state index contributed by atoms with van der Waals surface area (Å²) in [5.74, 6) is 1.84. The van der Waals surface area contributed by atoms with Gasteiger partial charge in [0.2, 0.25) is 5.91 Å². The van der Waals surface area contributed by atoms with Gasteiger partial charge in [-0.25, -0.2) is 4.79 Å². The van der Waals surface area contributed by atoms with Crippen LogP contribution in [0.3, 0.4) is 0 Å². The Morgan fingerprint density at radius 3 is 2.33 bits per heavy atom. The molecule has 1 aromatic rings. The van der Waals surface area contributed by atoms with Crippen molar-refractivity contribution >= 4 is 23.7 Å². The van der Waals surface area contributed by atoms with E-state index in [-0.39, 0.29) is 22.2 Å². The molecule has 0 radical (unpaired) electrons. The molecule has 0 spiro atoms. The lowest BCUT2D eigenvalue weighted by atomic mass is 9.32. The first-order valence-electron chi connectivity index (χ1n) is 17.1. The summed E-state index contributed by atoms with van der Waals surface area (Å²) < 4.78 is 0. The van der Waals surface area contributed by atoms with E-state index in [1.54, 1.807) is 12.1 Å². The van der Waals surface area contributed by atoms with Crippen molar-refractivity contribution in [2.45, 2.75) is 112 Å². The van der Waals surface area contributed by atoms with E-state index in [1.165, 1.54) is 68.9 Å². The van der Waals surface area contributed by atoms with Crippen LogP contribution in [0.4, 0.5) is 0 Å². The van der Waals surface area contributed by atoms with Crippen LogP contribution >= 0.6 is 0 Å². The number of allylic oxidation sites excluding steroid dienone is 2. The molecule has 0 saturated heterocycles. The van der Waals surface area contributed by atoms with Gasteiger partial charge in [-0.15, -0.1) is 0 Å². The van der Waals surface area contributed by atoms with Crippen molar-refractivity contribution < 1.29 is 19.5 Å². The van der Waals surface area contributed by atoms with Gasteiger partial charge in [0.15, 0.2) is 0 Å². The fourth-order valence-corrected chi connectivity index (χ4v) is 12.5. The largest absolute Gasteiger partial charge is 0.478 e. The van der Waals surface area contributed by atoms with Crippen LogP contribution in [0.25, 0.3) is 5.57 Å². The molecule has 1 aromatic carbocycles. The summed E-state index contributed by atoms with van der Waals surface area (Å²) in [6, 6.07) is 7.54. The molecule has 43 heavy (non-hydrogen) atoms. The zero-order valence-electron chi connectivity index (χ0n) is 27.1. The smallest absolute Gasteiger partial charge is 0.335 e. The number of aromatic carboxylic acids is 1. The van der Waals surface area contributed by atoms with E-state index >= 15 is 0 Å². The number of benzene rings is 1. The normalized spacial score (nSPS) is 41.1. The summed E-state index contributed by atoms with van der Waals surface area (Å²) in [6.45, 7) is 13.6. The number of rotatable bonds is 7. The van der Waals surface area contributed by atoms with Crippen molar-refractivity contribution in [3.8, 4) is 0 Å². The van der Waals surface area contributed by atoms with Crippen LogP contribution in [0.1, 0.15) is 128 Å². The SMILES string of the molecule is CC1(C)C(c2ccc(C(=O)O)cc2)=CCC2(C)C1CCC1(C)C2CCC2C3CCCC3(CNC(=O)CCC=O)CC[C@]21C. The van der Waals surface area contributed by atoms with E-state index in [0.29, 0.717) is 52.9 Å². The van der Waals surface area contributed by atoms with Crippen LogP contribution in [0, 0.1) is 50.7 Å². The van der Waals surface area contributed by atoms with Gasteiger partial charge >= 0.3 is 5.97 Å². The molecule has 2 N–H and O–H groups in total. The van der Waals surface area contributed by atoms with E-state index in [2.05, 4.69) is 46.0 Å². The van der Waals surface area contributed by atoms with E-state index in [1.807, 2.05) is 12.1 Å². The lowest BCUT2D eigenvalue weighted by Gasteiger charge is -2.72. The van der Waals surface area contributed by atoms with E-state index in [4.69, 9.17) is 0 Å². The summed E-state index contributed by atoms with van der Waals surface area (Å²) in [6.07, 6.45) is 16.5. The minimum atomic E-state index is -0.872. The predicted molar refractivity (Wildman–Crippen MR) is 170 cm³/mol. The maximum atomic E-state index is 12.5. The second-order valence-electron chi connectivity index (χ2n) is 16.4. The number of carbonyl (C=O) groups excluding carboxylic acids is 2.